The Kier molecular flexibility index (Phi) is 3.10. The summed E-state index contributed by atoms with van der Waals surface area (Å²) < 4.78 is 7.30. The first-order chi connectivity index (χ1) is 10.1. The Labute approximate surface area is 121 Å². The number of ether oxygens (including phenoxy) is 1. The van der Waals surface area contributed by atoms with Gasteiger partial charge >= 0.3 is 5.97 Å². The number of hydrogen-bond acceptors (Lipinski definition) is 3. The van der Waals surface area contributed by atoms with Crippen LogP contribution in [0.4, 0.5) is 0 Å². The van der Waals surface area contributed by atoms with Gasteiger partial charge in [-0.25, -0.2) is 9.48 Å². The maximum atomic E-state index is 11.4. The van der Waals surface area contributed by atoms with Gasteiger partial charge in [-0.3, -0.25) is 0 Å². The molecule has 0 aliphatic carbocycles. The van der Waals surface area contributed by atoms with Gasteiger partial charge in [-0.05, 0) is 18.4 Å². The zero-order valence-corrected chi connectivity index (χ0v) is 11.7. The number of aromatic carboxylic acids is 1. The quantitative estimate of drug-likeness (QED) is 0.800. The van der Waals surface area contributed by atoms with Gasteiger partial charge in [0.15, 0.2) is 0 Å². The van der Waals surface area contributed by atoms with Gasteiger partial charge in [0.2, 0.25) is 5.88 Å². The third kappa shape index (κ3) is 2.23. The highest BCUT2D eigenvalue weighted by Gasteiger charge is 2.22. The molecule has 0 amide bonds. The van der Waals surface area contributed by atoms with Crippen LogP contribution in [-0.4, -0.2) is 20.9 Å². The van der Waals surface area contributed by atoms with Gasteiger partial charge in [-0.15, -0.1) is 0 Å². The minimum Gasteiger partial charge on any atom is -0.477 e. The summed E-state index contributed by atoms with van der Waals surface area (Å²) in [5.41, 5.74) is 0.519. The molecule has 0 saturated heterocycles. The lowest BCUT2D eigenvalue weighted by atomic mass is 10.1. The summed E-state index contributed by atoms with van der Waals surface area (Å²) >= 11 is 0. The number of carboxylic acids is 1. The van der Waals surface area contributed by atoms with Crippen LogP contribution in [0.2, 0.25) is 0 Å². The molecule has 1 N–H and O–H groups in total. The highest BCUT2D eigenvalue weighted by atomic mass is 16.5. The van der Waals surface area contributed by atoms with E-state index in [0.29, 0.717) is 11.4 Å². The van der Waals surface area contributed by atoms with Crippen molar-refractivity contribution in [3.63, 3.8) is 0 Å². The summed E-state index contributed by atoms with van der Waals surface area (Å²) in [6.45, 7) is 1.65. The van der Waals surface area contributed by atoms with Crippen molar-refractivity contribution in [2.75, 3.05) is 0 Å². The summed E-state index contributed by atoms with van der Waals surface area (Å²) in [6.07, 6.45) is 0. The van der Waals surface area contributed by atoms with Crippen molar-refractivity contribution in [1.82, 2.24) is 9.78 Å². The maximum absolute atomic E-state index is 11.4. The average Bonchev–Trinajstić information content (AvgIpc) is 2.73. The van der Waals surface area contributed by atoms with E-state index >= 15 is 0 Å². The van der Waals surface area contributed by atoms with E-state index in [0.717, 1.165) is 10.8 Å². The molecule has 5 nitrogen and oxygen atoms in total. The fourth-order valence-electron chi connectivity index (χ4n) is 2.39. The highest BCUT2D eigenvalue weighted by Crippen LogP contribution is 2.32. The molecule has 0 radical (unpaired) electrons. The van der Waals surface area contributed by atoms with Gasteiger partial charge in [-0.1, -0.05) is 36.4 Å². The molecule has 0 saturated carbocycles. The normalized spacial score (nSPS) is 10.8. The topological polar surface area (TPSA) is 64.4 Å². The van der Waals surface area contributed by atoms with Crippen LogP contribution < -0.4 is 4.74 Å². The Morgan fingerprint density at radius 1 is 1.19 bits per heavy atom. The van der Waals surface area contributed by atoms with Crippen molar-refractivity contribution in [1.29, 1.82) is 0 Å². The van der Waals surface area contributed by atoms with Crippen LogP contribution in [0.1, 0.15) is 16.1 Å². The second-order valence-corrected chi connectivity index (χ2v) is 4.77. The average molecular weight is 282 g/mol. The lowest BCUT2D eigenvalue weighted by molar-refractivity contribution is 0.0693. The lowest BCUT2D eigenvalue weighted by Crippen LogP contribution is -2.02. The van der Waals surface area contributed by atoms with E-state index in [2.05, 4.69) is 5.10 Å². The number of hydrogen-bond donors (Lipinski definition) is 1. The van der Waals surface area contributed by atoms with Crippen LogP contribution in [0.3, 0.4) is 0 Å². The molecule has 0 unspecified atom stereocenters. The maximum Gasteiger partial charge on any atom is 0.343 e. The van der Waals surface area contributed by atoms with Crippen LogP contribution in [0.5, 0.6) is 11.6 Å². The smallest absolute Gasteiger partial charge is 0.343 e. The van der Waals surface area contributed by atoms with E-state index in [-0.39, 0.29) is 11.4 Å². The number of nitrogens with zero attached hydrogens (tertiary/aromatic N) is 2. The first-order valence-electron chi connectivity index (χ1n) is 6.50. The zero-order valence-electron chi connectivity index (χ0n) is 11.7. The van der Waals surface area contributed by atoms with Gasteiger partial charge < -0.3 is 9.84 Å². The molecule has 0 fully saturated rings. The Hall–Kier alpha value is -2.82. The largest absolute Gasteiger partial charge is 0.477 e. The number of carboxylic acid groups (broad SMARTS) is 1. The molecule has 1 aromatic heterocycles. The van der Waals surface area contributed by atoms with E-state index < -0.39 is 5.97 Å². The van der Waals surface area contributed by atoms with Crippen molar-refractivity contribution in [3.8, 4) is 11.6 Å². The second-order valence-electron chi connectivity index (χ2n) is 4.77. The number of aromatic nitrogens is 2. The minimum absolute atomic E-state index is 0.0884. The van der Waals surface area contributed by atoms with E-state index in [1.807, 2.05) is 42.5 Å². The van der Waals surface area contributed by atoms with Crippen molar-refractivity contribution in [2.45, 2.75) is 6.92 Å². The molecular formula is C16H14N2O3. The Balaban J connectivity index is 2.14. The molecule has 2 aromatic carbocycles. The van der Waals surface area contributed by atoms with Crippen LogP contribution in [0.15, 0.2) is 42.5 Å². The standard InChI is InChI=1S/C16H14N2O3/c1-10-14(16(19)20)15(18(2)17-10)21-13-9-5-7-11-6-3-4-8-12(11)13/h3-9H,1-2H3,(H,19,20). The summed E-state index contributed by atoms with van der Waals surface area (Å²) in [5, 5.41) is 15.4. The molecule has 1 heterocycles. The third-order valence-corrected chi connectivity index (χ3v) is 3.34. The van der Waals surface area contributed by atoms with Crippen molar-refractivity contribution >= 4 is 16.7 Å². The molecule has 106 valence electrons. The first kappa shape index (κ1) is 13.2. The SMILES string of the molecule is Cc1nn(C)c(Oc2cccc3ccccc23)c1C(=O)O. The van der Waals surface area contributed by atoms with Crippen molar-refractivity contribution < 1.29 is 14.6 Å². The summed E-state index contributed by atoms with van der Waals surface area (Å²) in [7, 11) is 1.67. The van der Waals surface area contributed by atoms with Crippen LogP contribution in [0, 0.1) is 6.92 Å². The van der Waals surface area contributed by atoms with Crippen molar-refractivity contribution in [2.24, 2.45) is 7.05 Å². The molecule has 0 atom stereocenters. The van der Waals surface area contributed by atoms with Gasteiger partial charge in [0.25, 0.3) is 0 Å². The van der Waals surface area contributed by atoms with Gasteiger partial charge in [0.1, 0.15) is 11.3 Å². The summed E-state index contributed by atoms with van der Waals surface area (Å²) in [5.74, 6) is -0.203. The molecule has 3 aromatic rings. The Morgan fingerprint density at radius 2 is 1.90 bits per heavy atom. The molecule has 0 aliphatic heterocycles. The summed E-state index contributed by atoms with van der Waals surface area (Å²) in [4.78, 5) is 11.4. The third-order valence-electron chi connectivity index (χ3n) is 3.34. The number of fused-ring (bicyclic) bond motifs is 1. The van der Waals surface area contributed by atoms with Gasteiger partial charge in [-0.2, -0.15) is 5.10 Å². The molecule has 5 heteroatoms. The zero-order chi connectivity index (χ0) is 15.0. The van der Waals surface area contributed by atoms with Gasteiger partial charge in [0.05, 0.1) is 5.69 Å². The molecular weight excluding hydrogens is 268 g/mol. The molecule has 21 heavy (non-hydrogen) atoms. The Morgan fingerprint density at radius 3 is 2.67 bits per heavy atom. The van der Waals surface area contributed by atoms with Crippen LogP contribution in [0.25, 0.3) is 10.8 Å². The lowest BCUT2D eigenvalue weighted by Gasteiger charge is -2.09. The predicted molar refractivity (Wildman–Crippen MR) is 78.9 cm³/mol. The van der Waals surface area contributed by atoms with E-state index in [9.17, 15) is 9.90 Å². The van der Waals surface area contributed by atoms with Crippen LogP contribution >= 0.6 is 0 Å². The fraction of sp³-hybridized carbons (Fsp3) is 0.125. The van der Waals surface area contributed by atoms with Crippen LogP contribution in [-0.2, 0) is 7.05 Å². The predicted octanol–water partition coefficient (Wildman–Crippen LogP) is 3.37. The number of rotatable bonds is 3. The molecule has 3 rings (SSSR count). The number of aryl methyl sites for hydroxylation is 2. The number of carbonyl (C=O) groups is 1. The van der Waals surface area contributed by atoms with E-state index in [1.165, 1.54) is 4.68 Å². The summed E-state index contributed by atoms with van der Waals surface area (Å²) in [6, 6.07) is 13.5. The molecule has 0 bridgehead atoms. The van der Waals surface area contributed by atoms with Gasteiger partial charge in [0, 0.05) is 12.4 Å². The van der Waals surface area contributed by atoms with E-state index in [1.54, 1.807) is 14.0 Å². The minimum atomic E-state index is -1.05. The van der Waals surface area contributed by atoms with Crippen molar-refractivity contribution in [3.05, 3.63) is 53.7 Å². The fourth-order valence-corrected chi connectivity index (χ4v) is 2.39. The monoisotopic (exact) mass is 282 g/mol. The molecule has 0 aliphatic rings. The van der Waals surface area contributed by atoms with E-state index in [4.69, 9.17) is 4.74 Å². The molecule has 0 spiro atoms. The second kappa shape index (κ2) is 4.94. The highest BCUT2D eigenvalue weighted by molar-refractivity contribution is 5.92. The Bertz CT molecular complexity index is 831. The number of benzene rings is 2. The first-order valence-corrected chi connectivity index (χ1v) is 6.50.